The van der Waals surface area contributed by atoms with Crippen LogP contribution >= 0.6 is 0 Å². The van der Waals surface area contributed by atoms with Gasteiger partial charge in [-0.25, -0.2) is 8.42 Å². The Morgan fingerprint density at radius 3 is 1.97 bits per heavy atom. The number of sulfonamides is 1. The predicted octanol–water partition coefficient (Wildman–Crippen LogP) is 6.61. The molecule has 0 bridgehead atoms. The van der Waals surface area contributed by atoms with Crippen LogP contribution in [-0.2, 0) is 16.6 Å². The summed E-state index contributed by atoms with van der Waals surface area (Å²) in [7, 11) is -2.17. The maximum atomic E-state index is 13.6. The van der Waals surface area contributed by atoms with Crippen molar-refractivity contribution in [3.8, 4) is 5.75 Å². The molecule has 0 aliphatic heterocycles. The molecule has 4 aromatic rings. The Bertz CT molecular complexity index is 1450. The van der Waals surface area contributed by atoms with Gasteiger partial charge in [-0.1, -0.05) is 74.5 Å². The van der Waals surface area contributed by atoms with Gasteiger partial charge in [-0.15, -0.1) is 0 Å². The smallest absolute Gasteiger partial charge is 0.264 e. The first-order valence-electron chi connectivity index (χ1n) is 12.9. The zero-order valence-corrected chi connectivity index (χ0v) is 23.3. The molecule has 0 aliphatic rings. The number of anilines is 1. The summed E-state index contributed by atoms with van der Waals surface area (Å²) in [5, 5.41) is 3.16. The number of amides is 1. The van der Waals surface area contributed by atoms with Gasteiger partial charge < -0.3 is 10.1 Å². The third-order valence-electron chi connectivity index (χ3n) is 6.45. The molecule has 0 heterocycles. The van der Waals surface area contributed by atoms with E-state index in [0.29, 0.717) is 17.2 Å². The fourth-order valence-corrected chi connectivity index (χ4v) is 5.86. The molecule has 0 spiro atoms. The molecule has 4 aromatic carbocycles. The van der Waals surface area contributed by atoms with Crippen LogP contribution in [0.25, 0.3) is 0 Å². The molecule has 39 heavy (non-hydrogen) atoms. The highest BCUT2D eigenvalue weighted by atomic mass is 32.2. The number of nitrogens with one attached hydrogen (secondary N) is 1. The van der Waals surface area contributed by atoms with Crippen molar-refractivity contribution in [2.45, 2.75) is 37.8 Å². The molecular weight excluding hydrogens is 508 g/mol. The van der Waals surface area contributed by atoms with Crippen LogP contribution in [0.5, 0.6) is 5.75 Å². The lowest BCUT2D eigenvalue weighted by atomic mass is 9.96. The van der Waals surface area contributed by atoms with E-state index in [9.17, 15) is 13.2 Å². The van der Waals surface area contributed by atoms with Crippen LogP contribution < -0.4 is 14.4 Å². The minimum atomic E-state index is -3.80. The second kappa shape index (κ2) is 12.6. The van der Waals surface area contributed by atoms with Gasteiger partial charge in [0.15, 0.2) is 0 Å². The molecule has 0 fully saturated rings. The molecule has 0 saturated heterocycles. The first kappa shape index (κ1) is 27.9. The Kier molecular flexibility index (Phi) is 9.04. The summed E-state index contributed by atoms with van der Waals surface area (Å²) in [4.78, 5) is 13.4. The number of hydrogen-bond donors (Lipinski definition) is 1. The molecule has 1 atom stereocenters. The number of benzene rings is 4. The van der Waals surface area contributed by atoms with Gasteiger partial charge in [-0.2, -0.15) is 0 Å². The standard InChI is InChI=1S/C32H34N2O4S/c1-24(2)22-31(26-18-20-29(38-3)21-19-26)33-32(35)27-16-14-25(15-17-27)23-34(28-10-6-4-7-11-28)39(36,37)30-12-8-5-9-13-30/h4-21,24,31H,22-23H2,1-3H3,(H,33,35)/t31-/m0/s1. The van der Waals surface area contributed by atoms with E-state index in [4.69, 9.17) is 4.74 Å². The molecule has 7 heteroatoms. The minimum absolute atomic E-state index is 0.130. The van der Waals surface area contributed by atoms with Gasteiger partial charge in [0.2, 0.25) is 0 Å². The Balaban J connectivity index is 1.54. The number of para-hydroxylation sites is 1. The Morgan fingerprint density at radius 2 is 1.41 bits per heavy atom. The highest BCUT2D eigenvalue weighted by molar-refractivity contribution is 7.92. The monoisotopic (exact) mass is 542 g/mol. The van der Waals surface area contributed by atoms with Crippen molar-refractivity contribution in [2.24, 2.45) is 5.92 Å². The first-order valence-corrected chi connectivity index (χ1v) is 14.4. The average Bonchev–Trinajstić information content (AvgIpc) is 2.96. The summed E-state index contributed by atoms with van der Waals surface area (Å²) in [6, 6.07) is 32.1. The number of carbonyl (C=O) groups excluding carboxylic acids is 1. The largest absolute Gasteiger partial charge is 0.497 e. The first-order chi connectivity index (χ1) is 18.8. The number of ether oxygens (including phenoxy) is 1. The van der Waals surface area contributed by atoms with E-state index in [0.717, 1.165) is 23.3 Å². The van der Waals surface area contributed by atoms with Crippen LogP contribution in [0.15, 0.2) is 114 Å². The van der Waals surface area contributed by atoms with E-state index < -0.39 is 10.0 Å². The normalized spacial score (nSPS) is 12.1. The van der Waals surface area contributed by atoms with Gasteiger partial charge in [-0.05, 0) is 72.0 Å². The fourth-order valence-electron chi connectivity index (χ4n) is 4.38. The van der Waals surface area contributed by atoms with Crippen LogP contribution in [0.3, 0.4) is 0 Å². The predicted molar refractivity (Wildman–Crippen MR) is 155 cm³/mol. The van der Waals surface area contributed by atoms with Crippen molar-refractivity contribution in [1.29, 1.82) is 0 Å². The van der Waals surface area contributed by atoms with Crippen molar-refractivity contribution >= 4 is 21.6 Å². The highest BCUT2D eigenvalue weighted by Crippen LogP contribution is 2.27. The number of methoxy groups -OCH3 is 1. The lowest BCUT2D eigenvalue weighted by molar-refractivity contribution is 0.0932. The molecule has 4 rings (SSSR count). The second-order valence-electron chi connectivity index (χ2n) is 9.79. The van der Waals surface area contributed by atoms with E-state index in [2.05, 4.69) is 19.2 Å². The van der Waals surface area contributed by atoms with Crippen LogP contribution in [0.4, 0.5) is 5.69 Å². The summed E-state index contributed by atoms with van der Waals surface area (Å²) >= 11 is 0. The summed E-state index contributed by atoms with van der Waals surface area (Å²) in [5.41, 5.74) is 2.86. The van der Waals surface area contributed by atoms with Gasteiger partial charge >= 0.3 is 0 Å². The van der Waals surface area contributed by atoms with E-state index in [1.165, 1.54) is 4.31 Å². The third kappa shape index (κ3) is 7.06. The van der Waals surface area contributed by atoms with E-state index >= 15 is 0 Å². The van der Waals surface area contributed by atoms with Crippen LogP contribution in [-0.4, -0.2) is 21.4 Å². The summed E-state index contributed by atoms with van der Waals surface area (Å²) < 4.78 is 33.8. The molecule has 0 unspecified atom stereocenters. The Morgan fingerprint density at radius 1 is 0.821 bits per heavy atom. The minimum Gasteiger partial charge on any atom is -0.497 e. The lowest BCUT2D eigenvalue weighted by Gasteiger charge is -2.25. The molecule has 1 amide bonds. The van der Waals surface area contributed by atoms with Crippen molar-refractivity contribution < 1.29 is 17.9 Å². The highest BCUT2D eigenvalue weighted by Gasteiger charge is 2.25. The summed E-state index contributed by atoms with van der Waals surface area (Å²) in [6.07, 6.45) is 0.791. The van der Waals surface area contributed by atoms with Crippen molar-refractivity contribution in [1.82, 2.24) is 5.32 Å². The van der Waals surface area contributed by atoms with Crippen molar-refractivity contribution in [3.63, 3.8) is 0 Å². The number of rotatable bonds is 11. The molecule has 0 saturated carbocycles. The molecule has 202 valence electrons. The van der Waals surface area contributed by atoms with Crippen molar-refractivity contribution in [2.75, 3.05) is 11.4 Å². The number of carbonyl (C=O) groups is 1. The lowest BCUT2D eigenvalue weighted by Crippen LogP contribution is -2.31. The van der Waals surface area contributed by atoms with Crippen LogP contribution in [0, 0.1) is 5.92 Å². The average molecular weight is 543 g/mol. The molecule has 0 aliphatic carbocycles. The molecule has 0 radical (unpaired) electrons. The van der Waals surface area contributed by atoms with E-state index in [1.54, 1.807) is 73.8 Å². The Hall–Kier alpha value is -4.10. The quantitative estimate of drug-likeness (QED) is 0.231. The summed E-state index contributed by atoms with van der Waals surface area (Å²) in [6.45, 7) is 4.38. The van der Waals surface area contributed by atoms with Gasteiger partial charge in [0, 0.05) is 5.56 Å². The van der Waals surface area contributed by atoms with Crippen molar-refractivity contribution in [3.05, 3.63) is 126 Å². The number of nitrogens with zero attached hydrogens (tertiary/aromatic N) is 1. The Labute approximate surface area is 231 Å². The maximum absolute atomic E-state index is 13.6. The molecule has 6 nitrogen and oxygen atoms in total. The van der Waals surface area contributed by atoms with Gasteiger partial charge in [-0.3, -0.25) is 9.10 Å². The number of hydrogen-bond acceptors (Lipinski definition) is 4. The van der Waals surface area contributed by atoms with Crippen LogP contribution in [0.2, 0.25) is 0 Å². The van der Waals surface area contributed by atoms with Crippen LogP contribution in [0.1, 0.15) is 47.8 Å². The zero-order valence-electron chi connectivity index (χ0n) is 22.4. The van der Waals surface area contributed by atoms with Gasteiger partial charge in [0.1, 0.15) is 5.75 Å². The zero-order chi connectivity index (χ0) is 27.8. The SMILES string of the molecule is COc1ccc([C@H](CC(C)C)NC(=O)c2ccc(CN(c3ccccc3)S(=O)(=O)c3ccccc3)cc2)cc1. The molecule has 1 N–H and O–H groups in total. The molecule has 0 aromatic heterocycles. The topological polar surface area (TPSA) is 75.7 Å². The fraction of sp³-hybridized carbons (Fsp3) is 0.219. The van der Waals surface area contributed by atoms with E-state index in [1.807, 2.05) is 42.5 Å². The van der Waals surface area contributed by atoms with Gasteiger partial charge in [0.25, 0.3) is 15.9 Å². The summed E-state index contributed by atoms with van der Waals surface area (Å²) in [5.74, 6) is 0.970. The van der Waals surface area contributed by atoms with E-state index in [-0.39, 0.29) is 23.4 Å². The second-order valence-corrected chi connectivity index (χ2v) is 11.6. The van der Waals surface area contributed by atoms with Gasteiger partial charge in [0.05, 0.1) is 30.3 Å². The molecular formula is C32H34N2O4S. The maximum Gasteiger partial charge on any atom is 0.264 e. The third-order valence-corrected chi connectivity index (χ3v) is 8.24.